The highest BCUT2D eigenvalue weighted by molar-refractivity contribution is 6.35. The number of hydrogen-bond acceptors (Lipinski definition) is 2. The van der Waals surface area contributed by atoms with Gasteiger partial charge < -0.3 is 10.4 Å². The lowest BCUT2D eigenvalue weighted by atomic mass is 10.0. The third-order valence-corrected chi connectivity index (χ3v) is 3.89. The van der Waals surface area contributed by atoms with Crippen LogP contribution in [0.2, 0.25) is 10.0 Å². The maximum atomic E-state index is 11.1. The van der Waals surface area contributed by atoms with E-state index >= 15 is 0 Å². The largest absolute Gasteiger partial charge is 0.478 e. The van der Waals surface area contributed by atoms with E-state index in [1.165, 1.54) is 0 Å². The molecule has 0 bridgehead atoms. The summed E-state index contributed by atoms with van der Waals surface area (Å²) >= 11 is 12.2. The van der Waals surface area contributed by atoms with Gasteiger partial charge in [0.05, 0.1) is 5.56 Å². The number of carboxylic acid groups (broad SMARTS) is 1. The van der Waals surface area contributed by atoms with Gasteiger partial charge in [-0.2, -0.15) is 0 Å². The van der Waals surface area contributed by atoms with Gasteiger partial charge in [-0.25, -0.2) is 4.79 Å². The first-order valence-corrected chi connectivity index (χ1v) is 7.30. The Balaban J connectivity index is 1.92. The molecule has 110 valence electrons. The number of nitrogens with one attached hydrogen (secondary N) is 1. The molecule has 2 aromatic carbocycles. The lowest BCUT2D eigenvalue weighted by Gasteiger charge is -2.10. The fourth-order valence-electron chi connectivity index (χ4n) is 2.08. The third-order valence-electron chi connectivity index (χ3n) is 3.18. The summed E-state index contributed by atoms with van der Waals surface area (Å²) in [4.78, 5) is 11.1. The quantitative estimate of drug-likeness (QED) is 0.789. The van der Waals surface area contributed by atoms with Crippen LogP contribution in [0.4, 0.5) is 0 Å². The van der Waals surface area contributed by atoms with Gasteiger partial charge in [0.1, 0.15) is 0 Å². The number of benzene rings is 2. The molecule has 0 aliphatic rings. The van der Waals surface area contributed by atoms with E-state index in [4.69, 9.17) is 28.3 Å². The second-order valence-corrected chi connectivity index (χ2v) is 5.40. The van der Waals surface area contributed by atoms with Crippen LogP contribution in [0.3, 0.4) is 0 Å². The summed E-state index contributed by atoms with van der Waals surface area (Å²) in [6, 6.07) is 12.4. The fourth-order valence-corrected chi connectivity index (χ4v) is 2.62. The molecule has 2 aromatic rings. The number of carboxylic acids is 1. The van der Waals surface area contributed by atoms with Gasteiger partial charge in [0, 0.05) is 22.2 Å². The van der Waals surface area contributed by atoms with Crippen LogP contribution in [-0.4, -0.2) is 17.6 Å². The highest BCUT2D eigenvalue weighted by Crippen LogP contribution is 2.23. The Bertz CT molecular complexity index is 624. The summed E-state index contributed by atoms with van der Waals surface area (Å²) in [6.07, 6.45) is 0.630. The average molecular weight is 324 g/mol. The monoisotopic (exact) mass is 323 g/mol. The molecule has 0 saturated carbocycles. The first-order valence-electron chi connectivity index (χ1n) is 6.54. The van der Waals surface area contributed by atoms with Crippen molar-refractivity contribution >= 4 is 29.2 Å². The number of aromatic carboxylic acids is 1. The van der Waals surface area contributed by atoms with Crippen molar-refractivity contribution < 1.29 is 9.90 Å². The van der Waals surface area contributed by atoms with Gasteiger partial charge in [-0.3, -0.25) is 0 Å². The summed E-state index contributed by atoms with van der Waals surface area (Å²) in [5.41, 5.74) is 2.00. The number of halogens is 2. The molecule has 0 saturated heterocycles. The molecule has 2 rings (SSSR count). The zero-order valence-corrected chi connectivity index (χ0v) is 12.8. The normalized spacial score (nSPS) is 10.6. The number of carbonyl (C=O) groups is 1. The van der Waals surface area contributed by atoms with Crippen LogP contribution < -0.4 is 5.32 Å². The highest BCUT2D eigenvalue weighted by atomic mass is 35.5. The second-order valence-electron chi connectivity index (χ2n) is 4.59. The Hall–Kier alpha value is -1.55. The summed E-state index contributed by atoms with van der Waals surface area (Å²) in [6.45, 7) is 1.19. The Kier molecular flexibility index (Phi) is 5.62. The van der Waals surface area contributed by atoms with Crippen molar-refractivity contribution in [2.45, 2.75) is 13.0 Å². The van der Waals surface area contributed by atoms with E-state index in [9.17, 15) is 4.79 Å². The minimum Gasteiger partial charge on any atom is -0.478 e. The van der Waals surface area contributed by atoms with E-state index in [0.29, 0.717) is 35.1 Å². The minimum atomic E-state index is -0.903. The Morgan fingerprint density at radius 3 is 2.38 bits per heavy atom. The molecule has 5 heteroatoms. The fraction of sp³-hybridized carbons (Fsp3) is 0.188. The van der Waals surface area contributed by atoms with Crippen molar-refractivity contribution in [1.29, 1.82) is 0 Å². The van der Waals surface area contributed by atoms with Gasteiger partial charge in [-0.05, 0) is 36.7 Å². The highest BCUT2D eigenvalue weighted by Gasteiger charge is 2.09. The van der Waals surface area contributed by atoms with Crippen LogP contribution in [0.1, 0.15) is 21.5 Å². The Labute approximate surface area is 133 Å². The lowest BCUT2D eigenvalue weighted by molar-refractivity contribution is 0.0695. The molecule has 0 spiro atoms. The van der Waals surface area contributed by atoms with Crippen molar-refractivity contribution in [2.75, 3.05) is 6.54 Å². The van der Waals surface area contributed by atoms with E-state index in [1.54, 1.807) is 30.3 Å². The maximum Gasteiger partial charge on any atom is 0.335 e. The molecule has 0 heterocycles. The molecule has 0 aromatic heterocycles. The summed E-state index contributed by atoms with van der Waals surface area (Å²) in [5, 5.41) is 13.6. The molecule has 2 N–H and O–H groups in total. The summed E-state index contributed by atoms with van der Waals surface area (Å²) < 4.78 is 0. The molecule has 0 aliphatic carbocycles. The van der Waals surface area contributed by atoms with Crippen molar-refractivity contribution in [1.82, 2.24) is 5.32 Å². The average Bonchev–Trinajstić information content (AvgIpc) is 2.46. The smallest absolute Gasteiger partial charge is 0.335 e. The predicted molar refractivity (Wildman–Crippen MR) is 85.3 cm³/mol. The van der Waals surface area contributed by atoms with E-state index in [0.717, 1.165) is 11.1 Å². The second kappa shape index (κ2) is 7.46. The SMILES string of the molecule is O=C(O)c1ccccc1CCNCc1c(Cl)cccc1Cl. The first kappa shape index (κ1) is 15.8. The van der Waals surface area contributed by atoms with Gasteiger partial charge in [0.25, 0.3) is 0 Å². The van der Waals surface area contributed by atoms with Crippen LogP contribution in [0.25, 0.3) is 0 Å². The van der Waals surface area contributed by atoms with E-state index in [1.807, 2.05) is 12.1 Å². The molecule has 0 aliphatic heterocycles. The van der Waals surface area contributed by atoms with Crippen LogP contribution in [0, 0.1) is 0 Å². The van der Waals surface area contributed by atoms with Crippen LogP contribution >= 0.6 is 23.2 Å². The van der Waals surface area contributed by atoms with Gasteiger partial charge in [-0.15, -0.1) is 0 Å². The predicted octanol–water partition coefficient (Wildman–Crippen LogP) is 4.02. The number of hydrogen-bond donors (Lipinski definition) is 2. The molecular weight excluding hydrogens is 309 g/mol. The van der Waals surface area contributed by atoms with E-state index < -0.39 is 5.97 Å². The van der Waals surface area contributed by atoms with Gasteiger partial charge in [0.15, 0.2) is 0 Å². The van der Waals surface area contributed by atoms with Crippen molar-refractivity contribution in [3.05, 3.63) is 69.2 Å². The molecule has 0 unspecified atom stereocenters. The van der Waals surface area contributed by atoms with Crippen molar-refractivity contribution in [3.63, 3.8) is 0 Å². The molecular formula is C16H15Cl2NO2. The maximum absolute atomic E-state index is 11.1. The molecule has 0 fully saturated rings. The zero-order valence-electron chi connectivity index (χ0n) is 11.3. The molecule has 0 amide bonds. The standard InChI is InChI=1S/C16H15Cl2NO2/c17-14-6-3-7-15(18)13(14)10-19-9-8-11-4-1-2-5-12(11)16(20)21/h1-7,19H,8-10H2,(H,20,21). The zero-order chi connectivity index (χ0) is 15.2. The number of rotatable bonds is 6. The summed E-state index contributed by atoms with van der Waals surface area (Å²) in [7, 11) is 0. The van der Waals surface area contributed by atoms with Gasteiger partial charge >= 0.3 is 5.97 Å². The van der Waals surface area contributed by atoms with E-state index in [2.05, 4.69) is 5.32 Å². The summed E-state index contributed by atoms with van der Waals surface area (Å²) in [5.74, 6) is -0.903. The minimum absolute atomic E-state index is 0.343. The first-order chi connectivity index (χ1) is 10.1. The van der Waals surface area contributed by atoms with Gasteiger partial charge in [-0.1, -0.05) is 47.5 Å². The lowest BCUT2D eigenvalue weighted by Crippen LogP contribution is -2.18. The third kappa shape index (κ3) is 4.21. The topological polar surface area (TPSA) is 49.3 Å². The molecule has 0 radical (unpaired) electrons. The van der Waals surface area contributed by atoms with Gasteiger partial charge in [0.2, 0.25) is 0 Å². The van der Waals surface area contributed by atoms with Crippen molar-refractivity contribution in [3.8, 4) is 0 Å². The molecule has 21 heavy (non-hydrogen) atoms. The van der Waals surface area contributed by atoms with Crippen LogP contribution in [-0.2, 0) is 13.0 Å². The van der Waals surface area contributed by atoms with Crippen molar-refractivity contribution in [2.24, 2.45) is 0 Å². The van der Waals surface area contributed by atoms with Crippen LogP contribution in [0.15, 0.2) is 42.5 Å². The molecule has 3 nitrogen and oxygen atoms in total. The van der Waals surface area contributed by atoms with Crippen LogP contribution in [0.5, 0.6) is 0 Å². The Morgan fingerprint density at radius 2 is 1.71 bits per heavy atom. The Morgan fingerprint density at radius 1 is 1.05 bits per heavy atom. The van der Waals surface area contributed by atoms with E-state index in [-0.39, 0.29) is 0 Å². The molecule has 0 atom stereocenters.